The molecule has 2 rings (SSSR count). The summed E-state index contributed by atoms with van der Waals surface area (Å²) in [4.78, 5) is 15.1. The van der Waals surface area contributed by atoms with Crippen molar-refractivity contribution in [2.75, 3.05) is 6.54 Å². The van der Waals surface area contributed by atoms with E-state index in [2.05, 4.69) is 15.9 Å². The number of nitrogens with zero attached hydrogens (tertiary/aromatic N) is 1. The fraction of sp³-hybridized carbons (Fsp3) is 0.267. The third-order valence-corrected chi connectivity index (χ3v) is 4.82. The molecule has 0 saturated carbocycles. The van der Waals surface area contributed by atoms with Crippen LogP contribution in [0.5, 0.6) is 5.75 Å². The molecule has 0 bridgehead atoms. The number of thiophene rings is 1. The van der Waals surface area contributed by atoms with Crippen molar-refractivity contribution in [3.05, 3.63) is 50.6 Å². The molecular weight excluding hydrogens is 338 g/mol. The van der Waals surface area contributed by atoms with Crippen LogP contribution in [0.15, 0.2) is 40.2 Å². The van der Waals surface area contributed by atoms with Crippen molar-refractivity contribution in [1.29, 1.82) is 0 Å². The molecule has 1 aromatic heterocycles. The van der Waals surface area contributed by atoms with Gasteiger partial charge in [0, 0.05) is 6.54 Å². The van der Waals surface area contributed by atoms with Gasteiger partial charge < -0.3 is 10.0 Å². The molecule has 106 valence electrons. The highest BCUT2D eigenvalue weighted by atomic mass is 79.9. The highest BCUT2D eigenvalue weighted by Gasteiger charge is 2.22. The predicted molar refractivity (Wildman–Crippen MR) is 85.3 cm³/mol. The molecule has 1 amide bonds. The first-order valence-corrected chi connectivity index (χ1v) is 7.99. The minimum atomic E-state index is -0.0829. The van der Waals surface area contributed by atoms with E-state index in [1.54, 1.807) is 23.1 Å². The zero-order valence-electron chi connectivity index (χ0n) is 11.3. The van der Waals surface area contributed by atoms with E-state index in [4.69, 9.17) is 0 Å². The lowest BCUT2D eigenvalue weighted by Crippen LogP contribution is -2.32. The molecule has 0 aliphatic heterocycles. The van der Waals surface area contributed by atoms with Crippen molar-refractivity contribution < 1.29 is 9.90 Å². The van der Waals surface area contributed by atoms with Crippen LogP contribution in [0.1, 0.15) is 35.1 Å². The first kappa shape index (κ1) is 15.1. The van der Waals surface area contributed by atoms with Gasteiger partial charge in [-0.3, -0.25) is 4.79 Å². The van der Waals surface area contributed by atoms with E-state index in [-0.39, 0.29) is 17.7 Å². The Bertz CT molecular complexity index is 611. The summed E-state index contributed by atoms with van der Waals surface area (Å²) in [6, 6.07) is 10.7. The second kappa shape index (κ2) is 6.41. The second-order valence-electron chi connectivity index (χ2n) is 4.47. The molecule has 20 heavy (non-hydrogen) atoms. The first-order valence-electron chi connectivity index (χ1n) is 6.38. The van der Waals surface area contributed by atoms with Crippen LogP contribution in [0.3, 0.4) is 0 Å². The Morgan fingerprint density at radius 2 is 2.15 bits per heavy atom. The van der Waals surface area contributed by atoms with Gasteiger partial charge in [-0.15, -0.1) is 11.3 Å². The summed E-state index contributed by atoms with van der Waals surface area (Å²) in [6.07, 6.45) is 0. The summed E-state index contributed by atoms with van der Waals surface area (Å²) in [5.41, 5.74) is 0.927. The van der Waals surface area contributed by atoms with Crippen LogP contribution in [0.25, 0.3) is 0 Å². The standard InChI is InChI=1S/C15H16BrNO2S/c1-3-17(15(19)13-7-8-14(16)20-13)10(2)11-5-4-6-12(18)9-11/h4-10,18H,3H2,1-2H3. The van der Waals surface area contributed by atoms with E-state index < -0.39 is 0 Å². The zero-order valence-corrected chi connectivity index (χ0v) is 13.7. The summed E-state index contributed by atoms with van der Waals surface area (Å²) in [5, 5.41) is 9.57. The van der Waals surface area contributed by atoms with E-state index in [0.717, 1.165) is 9.35 Å². The van der Waals surface area contributed by atoms with Crippen molar-refractivity contribution in [3.63, 3.8) is 0 Å². The van der Waals surface area contributed by atoms with Gasteiger partial charge in [-0.05, 0) is 59.6 Å². The van der Waals surface area contributed by atoms with Crippen LogP contribution >= 0.6 is 27.3 Å². The maximum Gasteiger partial charge on any atom is 0.264 e. The number of halogens is 1. The van der Waals surface area contributed by atoms with E-state index in [1.165, 1.54) is 11.3 Å². The minimum Gasteiger partial charge on any atom is -0.508 e. The molecule has 0 spiro atoms. The molecule has 0 fully saturated rings. The summed E-state index contributed by atoms with van der Waals surface area (Å²) in [7, 11) is 0. The van der Waals surface area contributed by atoms with Gasteiger partial charge in [-0.1, -0.05) is 12.1 Å². The Kier molecular flexibility index (Phi) is 4.83. The van der Waals surface area contributed by atoms with Crippen LogP contribution < -0.4 is 0 Å². The first-order chi connectivity index (χ1) is 9.52. The molecule has 0 radical (unpaired) electrons. The van der Waals surface area contributed by atoms with Gasteiger partial charge in [0.15, 0.2) is 0 Å². The Labute approximate surface area is 131 Å². The molecule has 1 unspecified atom stereocenters. The monoisotopic (exact) mass is 353 g/mol. The molecule has 1 aromatic carbocycles. The van der Waals surface area contributed by atoms with Crippen molar-refractivity contribution in [3.8, 4) is 5.75 Å². The second-order valence-corrected chi connectivity index (χ2v) is 6.93. The third-order valence-electron chi connectivity index (χ3n) is 3.21. The average molecular weight is 354 g/mol. The molecule has 5 heteroatoms. The third kappa shape index (κ3) is 3.22. The maximum atomic E-state index is 12.5. The van der Waals surface area contributed by atoms with Crippen molar-refractivity contribution in [1.82, 2.24) is 4.90 Å². The minimum absolute atomic E-state index is 0.0130. The van der Waals surface area contributed by atoms with Gasteiger partial charge in [0.25, 0.3) is 5.91 Å². The molecule has 0 saturated heterocycles. The lowest BCUT2D eigenvalue weighted by molar-refractivity contribution is 0.0707. The molecule has 1 N–H and O–H groups in total. The SMILES string of the molecule is CCN(C(=O)c1ccc(Br)s1)C(C)c1cccc(O)c1. The number of phenols is 1. The summed E-state index contributed by atoms with van der Waals surface area (Å²) >= 11 is 4.81. The number of hydrogen-bond donors (Lipinski definition) is 1. The highest BCUT2D eigenvalue weighted by Crippen LogP contribution is 2.28. The Morgan fingerprint density at radius 1 is 1.40 bits per heavy atom. The van der Waals surface area contributed by atoms with Gasteiger partial charge in [0.1, 0.15) is 5.75 Å². The fourth-order valence-electron chi connectivity index (χ4n) is 2.13. The van der Waals surface area contributed by atoms with E-state index in [9.17, 15) is 9.90 Å². The Morgan fingerprint density at radius 3 is 2.70 bits per heavy atom. The predicted octanol–water partition coefficient (Wildman–Crippen LogP) is 4.44. The number of benzene rings is 1. The van der Waals surface area contributed by atoms with Gasteiger partial charge in [-0.2, -0.15) is 0 Å². The smallest absolute Gasteiger partial charge is 0.264 e. The number of carbonyl (C=O) groups is 1. The lowest BCUT2D eigenvalue weighted by atomic mass is 10.1. The number of rotatable bonds is 4. The summed E-state index contributed by atoms with van der Waals surface area (Å²) in [6.45, 7) is 4.55. The van der Waals surface area contributed by atoms with Crippen LogP contribution in [-0.2, 0) is 0 Å². The molecule has 0 aliphatic rings. The van der Waals surface area contributed by atoms with Gasteiger partial charge >= 0.3 is 0 Å². The molecule has 0 aliphatic carbocycles. The lowest BCUT2D eigenvalue weighted by Gasteiger charge is -2.28. The molecule has 2 aromatic rings. The van der Waals surface area contributed by atoms with Crippen molar-refractivity contribution in [2.45, 2.75) is 19.9 Å². The number of phenolic OH excluding ortho intramolecular Hbond substituents is 1. The molecule has 3 nitrogen and oxygen atoms in total. The summed E-state index contributed by atoms with van der Waals surface area (Å²) < 4.78 is 0.946. The number of amides is 1. The van der Waals surface area contributed by atoms with Crippen molar-refractivity contribution >= 4 is 33.2 Å². The Hall–Kier alpha value is -1.33. The largest absolute Gasteiger partial charge is 0.508 e. The highest BCUT2D eigenvalue weighted by molar-refractivity contribution is 9.11. The molecule has 1 atom stereocenters. The number of aromatic hydroxyl groups is 1. The van der Waals surface area contributed by atoms with E-state index in [1.807, 2.05) is 32.0 Å². The molecular formula is C15H16BrNO2S. The van der Waals surface area contributed by atoms with Crippen molar-refractivity contribution in [2.24, 2.45) is 0 Å². The summed E-state index contributed by atoms with van der Waals surface area (Å²) in [5.74, 6) is 0.232. The average Bonchev–Trinajstić information content (AvgIpc) is 2.86. The molecule has 1 heterocycles. The van der Waals surface area contributed by atoms with E-state index >= 15 is 0 Å². The van der Waals surface area contributed by atoms with Gasteiger partial charge in [-0.25, -0.2) is 0 Å². The van der Waals surface area contributed by atoms with Gasteiger partial charge in [0.05, 0.1) is 14.7 Å². The zero-order chi connectivity index (χ0) is 14.7. The quantitative estimate of drug-likeness (QED) is 0.882. The Balaban J connectivity index is 2.25. The van der Waals surface area contributed by atoms with Crippen LogP contribution in [0.2, 0.25) is 0 Å². The number of hydrogen-bond acceptors (Lipinski definition) is 3. The topological polar surface area (TPSA) is 40.5 Å². The fourth-order valence-corrected chi connectivity index (χ4v) is 3.47. The van der Waals surface area contributed by atoms with Crippen LogP contribution in [0, 0.1) is 0 Å². The van der Waals surface area contributed by atoms with Gasteiger partial charge in [0.2, 0.25) is 0 Å². The van der Waals surface area contributed by atoms with Crippen LogP contribution in [-0.4, -0.2) is 22.5 Å². The van der Waals surface area contributed by atoms with E-state index in [0.29, 0.717) is 11.4 Å². The normalized spacial score (nSPS) is 12.2. The van der Waals surface area contributed by atoms with Crippen LogP contribution in [0.4, 0.5) is 0 Å². The number of carbonyl (C=O) groups excluding carboxylic acids is 1. The maximum absolute atomic E-state index is 12.5.